The summed E-state index contributed by atoms with van der Waals surface area (Å²) in [7, 11) is 0. The van der Waals surface area contributed by atoms with Crippen LogP contribution in [0.1, 0.15) is 18.1 Å². The van der Waals surface area contributed by atoms with Gasteiger partial charge >= 0.3 is 0 Å². The fourth-order valence-corrected chi connectivity index (χ4v) is 1.55. The van der Waals surface area contributed by atoms with E-state index in [-0.39, 0.29) is 0 Å². The third kappa shape index (κ3) is 3.60. The summed E-state index contributed by atoms with van der Waals surface area (Å²) >= 11 is 0. The van der Waals surface area contributed by atoms with Crippen molar-refractivity contribution in [1.29, 1.82) is 0 Å². The van der Waals surface area contributed by atoms with Crippen LogP contribution in [0, 0.1) is 6.92 Å². The zero-order valence-corrected chi connectivity index (χ0v) is 10.5. The molecule has 1 aromatic rings. The molecule has 0 spiro atoms. The fraction of sp³-hybridized carbons (Fsp3) is 0.308. The number of aliphatic imine (C=N–C) groups is 1. The van der Waals surface area contributed by atoms with Crippen LogP contribution in [0.4, 0.5) is 11.4 Å². The van der Waals surface area contributed by atoms with Crippen molar-refractivity contribution in [3.05, 3.63) is 29.8 Å². The number of aryl methyl sites for hydroxylation is 1. The van der Waals surface area contributed by atoms with E-state index in [1.54, 1.807) is 6.08 Å². The van der Waals surface area contributed by atoms with E-state index < -0.39 is 0 Å². The van der Waals surface area contributed by atoms with Crippen LogP contribution >= 0.6 is 0 Å². The van der Waals surface area contributed by atoms with Crippen LogP contribution in [0.2, 0.25) is 0 Å². The number of nitrogen functional groups attached to an aromatic ring is 1. The summed E-state index contributed by atoms with van der Waals surface area (Å²) < 4.78 is 0. The molecular weight excluding hydrogens is 212 g/mol. The number of nitrogens with two attached hydrogens (primary N) is 2. The predicted molar refractivity (Wildman–Crippen MR) is 76.3 cm³/mol. The zero-order valence-electron chi connectivity index (χ0n) is 10.5. The molecule has 1 rings (SSSR count). The Kier molecular flexibility index (Phi) is 4.72. The minimum Gasteiger partial charge on any atom is -0.398 e. The molecule has 0 aliphatic carbocycles. The van der Waals surface area contributed by atoms with E-state index in [1.165, 1.54) is 0 Å². The van der Waals surface area contributed by atoms with Crippen LogP contribution in [-0.2, 0) is 0 Å². The van der Waals surface area contributed by atoms with Gasteiger partial charge in [0.15, 0.2) is 0 Å². The number of amidine groups is 1. The van der Waals surface area contributed by atoms with Gasteiger partial charge in [0.05, 0.1) is 12.4 Å². The molecule has 5 N–H and O–H groups in total. The highest BCUT2D eigenvalue weighted by atomic mass is 15.0. The minimum atomic E-state index is 0.553. The van der Waals surface area contributed by atoms with Crippen molar-refractivity contribution in [2.45, 2.75) is 13.8 Å². The molecule has 0 aliphatic heterocycles. The monoisotopic (exact) mass is 232 g/mol. The fourth-order valence-electron chi connectivity index (χ4n) is 1.55. The van der Waals surface area contributed by atoms with Gasteiger partial charge in [-0.3, -0.25) is 4.99 Å². The molecule has 0 unspecified atom stereocenters. The van der Waals surface area contributed by atoms with Crippen molar-refractivity contribution in [3.63, 3.8) is 0 Å². The van der Waals surface area contributed by atoms with E-state index in [2.05, 4.69) is 16.9 Å². The van der Waals surface area contributed by atoms with Crippen LogP contribution in [-0.4, -0.2) is 18.9 Å². The van der Waals surface area contributed by atoms with Gasteiger partial charge in [0.1, 0.15) is 0 Å². The molecule has 0 bridgehead atoms. The molecule has 0 amide bonds. The summed E-state index contributed by atoms with van der Waals surface area (Å²) in [6.45, 7) is 8.81. The van der Waals surface area contributed by atoms with E-state index >= 15 is 0 Å². The van der Waals surface area contributed by atoms with Crippen LogP contribution in [0.5, 0.6) is 0 Å². The summed E-state index contributed by atoms with van der Waals surface area (Å²) in [5, 5.41) is 3.21. The number of rotatable bonds is 4. The van der Waals surface area contributed by atoms with Gasteiger partial charge in [-0.1, -0.05) is 12.7 Å². The Balaban J connectivity index is 2.92. The quantitative estimate of drug-likeness (QED) is 0.422. The normalized spacial score (nSPS) is 11.4. The minimum absolute atomic E-state index is 0.553. The topological polar surface area (TPSA) is 76.4 Å². The molecule has 4 heteroatoms. The Morgan fingerprint density at radius 3 is 2.82 bits per heavy atom. The van der Waals surface area contributed by atoms with Crippen LogP contribution in [0.3, 0.4) is 0 Å². The van der Waals surface area contributed by atoms with Gasteiger partial charge in [0.25, 0.3) is 0 Å². The Morgan fingerprint density at radius 2 is 2.24 bits per heavy atom. The first-order chi connectivity index (χ1) is 8.08. The van der Waals surface area contributed by atoms with E-state index in [1.807, 2.05) is 26.0 Å². The van der Waals surface area contributed by atoms with Crippen molar-refractivity contribution in [2.75, 3.05) is 24.1 Å². The molecule has 1 aromatic carbocycles. The third-order valence-electron chi connectivity index (χ3n) is 2.44. The summed E-state index contributed by atoms with van der Waals surface area (Å²) in [6.07, 6.45) is 1.75. The first kappa shape index (κ1) is 13.3. The number of nitrogens with zero attached hydrogens (tertiary/aromatic N) is 1. The highest BCUT2D eigenvalue weighted by molar-refractivity contribution is 5.94. The Hall–Kier alpha value is -1.81. The SMILES string of the molecule is C=Cc1cc(NC(C)=NCCN)cc(C)c1N. The van der Waals surface area contributed by atoms with Crippen molar-refractivity contribution in [2.24, 2.45) is 10.7 Å². The molecule has 0 fully saturated rings. The van der Waals surface area contributed by atoms with Crippen molar-refractivity contribution < 1.29 is 0 Å². The third-order valence-corrected chi connectivity index (χ3v) is 2.44. The Bertz CT molecular complexity index is 435. The average molecular weight is 232 g/mol. The molecule has 17 heavy (non-hydrogen) atoms. The van der Waals surface area contributed by atoms with Gasteiger partial charge in [-0.05, 0) is 37.1 Å². The molecule has 0 aromatic heterocycles. The first-order valence-corrected chi connectivity index (χ1v) is 5.59. The molecule has 4 nitrogen and oxygen atoms in total. The maximum Gasteiger partial charge on any atom is 0.0976 e. The van der Waals surface area contributed by atoms with E-state index in [4.69, 9.17) is 11.5 Å². The molecule has 0 aliphatic rings. The lowest BCUT2D eigenvalue weighted by Gasteiger charge is -2.11. The van der Waals surface area contributed by atoms with Crippen molar-refractivity contribution >= 4 is 23.3 Å². The highest BCUT2D eigenvalue weighted by Gasteiger charge is 2.03. The van der Waals surface area contributed by atoms with Gasteiger partial charge in [0, 0.05) is 17.9 Å². The lowest BCUT2D eigenvalue weighted by atomic mass is 10.1. The smallest absolute Gasteiger partial charge is 0.0976 e. The van der Waals surface area contributed by atoms with Gasteiger partial charge < -0.3 is 16.8 Å². The van der Waals surface area contributed by atoms with Crippen LogP contribution in [0.15, 0.2) is 23.7 Å². The second kappa shape index (κ2) is 6.06. The van der Waals surface area contributed by atoms with Crippen molar-refractivity contribution in [1.82, 2.24) is 0 Å². The Morgan fingerprint density at radius 1 is 1.53 bits per heavy atom. The van der Waals surface area contributed by atoms with E-state index in [0.29, 0.717) is 13.1 Å². The lowest BCUT2D eigenvalue weighted by molar-refractivity contribution is 0.973. The van der Waals surface area contributed by atoms with Gasteiger partial charge in [-0.2, -0.15) is 0 Å². The molecule has 0 atom stereocenters. The van der Waals surface area contributed by atoms with E-state index in [9.17, 15) is 0 Å². The first-order valence-electron chi connectivity index (χ1n) is 5.59. The van der Waals surface area contributed by atoms with Gasteiger partial charge in [-0.15, -0.1) is 0 Å². The molecule has 0 saturated carbocycles. The maximum atomic E-state index is 5.93. The van der Waals surface area contributed by atoms with Crippen LogP contribution in [0.25, 0.3) is 6.08 Å². The number of anilines is 2. The molecule has 92 valence electrons. The Labute approximate surface area is 102 Å². The standard InChI is InChI=1S/C13H20N4/c1-4-11-8-12(7-9(2)13(11)15)17-10(3)16-6-5-14/h4,7-8H,1,5-6,14-15H2,2-3H3,(H,16,17). The lowest BCUT2D eigenvalue weighted by Crippen LogP contribution is -2.11. The molecule has 0 saturated heterocycles. The zero-order chi connectivity index (χ0) is 12.8. The second-order valence-electron chi connectivity index (χ2n) is 3.88. The second-order valence-corrected chi connectivity index (χ2v) is 3.88. The number of nitrogens with one attached hydrogen (secondary N) is 1. The average Bonchev–Trinajstić information content (AvgIpc) is 2.31. The summed E-state index contributed by atoms with van der Waals surface area (Å²) in [6, 6.07) is 3.95. The predicted octanol–water partition coefficient (Wildman–Crippen LogP) is 2.01. The largest absolute Gasteiger partial charge is 0.398 e. The summed E-state index contributed by atoms with van der Waals surface area (Å²) in [4.78, 5) is 4.27. The highest BCUT2D eigenvalue weighted by Crippen LogP contribution is 2.23. The number of hydrogen-bond donors (Lipinski definition) is 3. The van der Waals surface area contributed by atoms with E-state index in [0.717, 1.165) is 28.3 Å². The molecule has 0 radical (unpaired) electrons. The molecular formula is C13H20N4. The van der Waals surface area contributed by atoms with Gasteiger partial charge in [0.2, 0.25) is 0 Å². The van der Waals surface area contributed by atoms with Crippen molar-refractivity contribution in [3.8, 4) is 0 Å². The molecule has 0 heterocycles. The summed E-state index contributed by atoms with van der Waals surface area (Å²) in [5.41, 5.74) is 15.0. The number of benzene rings is 1. The van der Waals surface area contributed by atoms with Crippen LogP contribution < -0.4 is 16.8 Å². The van der Waals surface area contributed by atoms with Gasteiger partial charge in [-0.25, -0.2) is 0 Å². The maximum absolute atomic E-state index is 5.93. The summed E-state index contributed by atoms with van der Waals surface area (Å²) in [5.74, 6) is 0.842. The number of hydrogen-bond acceptors (Lipinski definition) is 3.